The molecule has 4 aromatic carbocycles. The van der Waals surface area contributed by atoms with Crippen LogP contribution in [0.15, 0.2) is 121 Å². The summed E-state index contributed by atoms with van der Waals surface area (Å²) in [4.78, 5) is 13.2. The largest absolute Gasteiger partial charge is 0.321 e. The van der Waals surface area contributed by atoms with Crippen molar-refractivity contribution in [1.82, 2.24) is 0 Å². The van der Waals surface area contributed by atoms with Gasteiger partial charge in [-0.2, -0.15) is 0 Å². The highest BCUT2D eigenvalue weighted by molar-refractivity contribution is 7.92. The van der Waals surface area contributed by atoms with Crippen LogP contribution in [0.5, 0.6) is 0 Å². The first-order chi connectivity index (χ1) is 16.9. The van der Waals surface area contributed by atoms with Crippen LogP contribution in [-0.4, -0.2) is 20.9 Å². The summed E-state index contributed by atoms with van der Waals surface area (Å²) in [5.41, 5.74) is 2.91. The lowest BCUT2D eigenvalue weighted by Crippen LogP contribution is -2.31. The normalized spacial score (nSPS) is 11.0. The lowest BCUT2D eigenvalue weighted by molar-refractivity contribution is 0.102. The zero-order chi connectivity index (χ0) is 24.8. The van der Waals surface area contributed by atoms with Gasteiger partial charge in [0, 0.05) is 11.3 Å². The maximum absolute atomic E-state index is 13.5. The second-order valence-electron chi connectivity index (χ2n) is 7.67. The fraction of sp³-hybridized carbons (Fsp3) is 0.0357. The standard InChI is InChI=1S/C28H23ClN2O3S/c1-2-19-31(22-13-7-4-8-14-22)35(33,34)23-17-18-26(29)25(20-23)28(32)30-27-16-10-9-15-24(27)21-11-5-3-6-12-21/h2-18,20H,1,19H2,(H,30,32). The molecule has 0 aliphatic carbocycles. The zero-order valence-corrected chi connectivity index (χ0v) is 20.3. The van der Waals surface area contributed by atoms with E-state index < -0.39 is 15.9 Å². The van der Waals surface area contributed by atoms with Crippen molar-refractivity contribution in [3.63, 3.8) is 0 Å². The Bertz CT molecular complexity index is 1460. The molecule has 4 aromatic rings. The number of hydrogen-bond donors (Lipinski definition) is 1. The van der Waals surface area contributed by atoms with Gasteiger partial charge < -0.3 is 5.32 Å². The van der Waals surface area contributed by atoms with E-state index in [-0.39, 0.29) is 22.0 Å². The van der Waals surface area contributed by atoms with Gasteiger partial charge >= 0.3 is 0 Å². The number of sulfonamides is 1. The minimum atomic E-state index is -3.99. The van der Waals surface area contributed by atoms with Gasteiger partial charge in [-0.3, -0.25) is 9.10 Å². The summed E-state index contributed by atoms with van der Waals surface area (Å²) in [6, 6.07) is 29.9. The number of carbonyl (C=O) groups is 1. The van der Waals surface area contributed by atoms with Gasteiger partial charge in [0.2, 0.25) is 0 Å². The van der Waals surface area contributed by atoms with Gasteiger partial charge in [-0.25, -0.2) is 8.42 Å². The maximum Gasteiger partial charge on any atom is 0.264 e. The number of halogens is 1. The van der Waals surface area contributed by atoms with Crippen molar-refractivity contribution in [2.24, 2.45) is 0 Å². The zero-order valence-electron chi connectivity index (χ0n) is 18.8. The van der Waals surface area contributed by atoms with Gasteiger partial charge in [-0.15, -0.1) is 6.58 Å². The number of anilines is 2. The van der Waals surface area contributed by atoms with E-state index in [1.807, 2.05) is 48.5 Å². The summed E-state index contributed by atoms with van der Waals surface area (Å²) in [6.45, 7) is 3.75. The number of para-hydroxylation sites is 2. The summed E-state index contributed by atoms with van der Waals surface area (Å²) >= 11 is 6.34. The Balaban J connectivity index is 1.69. The van der Waals surface area contributed by atoms with E-state index in [0.717, 1.165) is 11.1 Å². The molecule has 176 valence electrons. The molecule has 0 radical (unpaired) electrons. The number of benzene rings is 4. The van der Waals surface area contributed by atoms with Crippen molar-refractivity contribution in [1.29, 1.82) is 0 Å². The third-order valence-electron chi connectivity index (χ3n) is 5.37. The number of carbonyl (C=O) groups excluding carboxylic acids is 1. The molecule has 0 aromatic heterocycles. The highest BCUT2D eigenvalue weighted by Gasteiger charge is 2.26. The van der Waals surface area contributed by atoms with E-state index in [1.165, 1.54) is 28.6 Å². The fourth-order valence-electron chi connectivity index (χ4n) is 3.67. The molecule has 0 saturated carbocycles. The van der Waals surface area contributed by atoms with Crippen molar-refractivity contribution in [2.75, 3.05) is 16.2 Å². The highest BCUT2D eigenvalue weighted by Crippen LogP contribution is 2.30. The third-order valence-corrected chi connectivity index (χ3v) is 7.49. The van der Waals surface area contributed by atoms with Gasteiger partial charge in [-0.1, -0.05) is 84.4 Å². The molecular weight excluding hydrogens is 480 g/mol. The molecule has 4 rings (SSSR count). The minimum absolute atomic E-state index is 0.0471. The minimum Gasteiger partial charge on any atom is -0.321 e. The predicted octanol–water partition coefficient (Wildman–Crippen LogP) is 6.64. The molecule has 0 saturated heterocycles. The molecule has 0 aliphatic heterocycles. The SMILES string of the molecule is C=CCN(c1ccccc1)S(=O)(=O)c1ccc(Cl)c(C(=O)Nc2ccccc2-c2ccccc2)c1. The van der Waals surface area contributed by atoms with Gasteiger partial charge in [0.05, 0.1) is 27.7 Å². The Morgan fingerprint density at radius 2 is 1.51 bits per heavy atom. The molecule has 5 nitrogen and oxygen atoms in total. The topological polar surface area (TPSA) is 66.5 Å². The monoisotopic (exact) mass is 502 g/mol. The van der Waals surface area contributed by atoms with E-state index >= 15 is 0 Å². The van der Waals surface area contributed by atoms with E-state index in [9.17, 15) is 13.2 Å². The van der Waals surface area contributed by atoms with Crippen molar-refractivity contribution in [2.45, 2.75) is 4.90 Å². The van der Waals surface area contributed by atoms with Crippen molar-refractivity contribution in [3.05, 3.63) is 126 Å². The average Bonchev–Trinajstić information content (AvgIpc) is 2.88. The number of rotatable bonds is 8. The van der Waals surface area contributed by atoms with Crippen molar-refractivity contribution in [3.8, 4) is 11.1 Å². The Morgan fingerprint density at radius 1 is 0.886 bits per heavy atom. The fourth-order valence-corrected chi connectivity index (χ4v) is 5.34. The molecule has 0 spiro atoms. The van der Waals surface area contributed by atoms with Crippen LogP contribution in [0.2, 0.25) is 5.02 Å². The predicted molar refractivity (Wildman–Crippen MR) is 142 cm³/mol. The summed E-state index contributed by atoms with van der Waals surface area (Å²) in [5.74, 6) is -0.509. The van der Waals surface area contributed by atoms with Gasteiger partial charge in [-0.05, 0) is 42.0 Å². The molecule has 0 atom stereocenters. The molecule has 0 heterocycles. The average molecular weight is 503 g/mol. The molecule has 0 unspecified atom stereocenters. The molecular formula is C28H23ClN2O3S. The van der Waals surface area contributed by atoms with Crippen LogP contribution < -0.4 is 9.62 Å². The Morgan fingerprint density at radius 3 is 2.20 bits per heavy atom. The first-order valence-electron chi connectivity index (χ1n) is 10.9. The van der Waals surface area contributed by atoms with Crippen LogP contribution in [0.1, 0.15) is 10.4 Å². The van der Waals surface area contributed by atoms with Crippen molar-refractivity contribution < 1.29 is 13.2 Å². The van der Waals surface area contributed by atoms with Gasteiger partial charge in [0.1, 0.15) is 0 Å². The van der Waals surface area contributed by atoms with Crippen LogP contribution >= 0.6 is 11.6 Å². The first kappa shape index (κ1) is 24.3. The lowest BCUT2D eigenvalue weighted by Gasteiger charge is -2.23. The van der Waals surface area contributed by atoms with Crippen molar-refractivity contribution >= 4 is 38.9 Å². The summed E-state index contributed by atoms with van der Waals surface area (Å²) in [7, 11) is -3.99. The molecule has 0 bridgehead atoms. The maximum atomic E-state index is 13.5. The van der Waals surface area contributed by atoms with E-state index in [1.54, 1.807) is 36.4 Å². The molecule has 0 fully saturated rings. The third kappa shape index (κ3) is 5.29. The van der Waals surface area contributed by atoms with E-state index in [2.05, 4.69) is 11.9 Å². The smallest absolute Gasteiger partial charge is 0.264 e. The van der Waals surface area contributed by atoms with Crippen LogP contribution in [0.3, 0.4) is 0 Å². The Labute approximate surface area is 210 Å². The van der Waals surface area contributed by atoms with Gasteiger partial charge in [0.15, 0.2) is 0 Å². The summed E-state index contributed by atoms with van der Waals surface area (Å²) in [6.07, 6.45) is 1.51. The highest BCUT2D eigenvalue weighted by atomic mass is 35.5. The number of nitrogens with one attached hydrogen (secondary N) is 1. The quantitative estimate of drug-likeness (QED) is 0.274. The summed E-state index contributed by atoms with van der Waals surface area (Å²) < 4.78 is 28.3. The van der Waals surface area contributed by atoms with Crippen LogP contribution in [-0.2, 0) is 10.0 Å². The Hall–Kier alpha value is -3.87. The van der Waals surface area contributed by atoms with Crippen LogP contribution in [0, 0.1) is 0 Å². The van der Waals surface area contributed by atoms with Crippen LogP contribution in [0.25, 0.3) is 11.1 Å². The first-order valence-corrected chi connectivity index (χ1v) is 12.7. The molecule has 7 heteroatoms. The lowest BCUT2D eigenvalue weighted by atomic mass is 10.0. The molecule has 0 aliphatic rings. The Kier molecular flexibility index (Phi) is 7.34. The van der Waals surface area contributed by atoms with Gasteiger partial charge in [0.25, 0.3) is 15.9 Å². The summed E-state index contributed by atoms with van der Waals surface area (Å²) in [5, 5.41) is 3.03. The molecule has 35 heavy (non-hydrogen) atoms. The van der Waals surface area contributed by atoms with Crippen LogP contribution in [0.4, 0.5) is 11.4 Å². The molecule has 1 N–H and O–H groups in total. The second-order valence-corrected chi connectivity index (χ2v) is 9.94. The number of nitrogens with zero attached hydrogens (tertiary/aromatic N) is 1. The number of hydrogen-bond acceptors (Lipinski definition) is 3. The second kappa shape index (κ2) is 10.6. The molecule has 1 amide bonds. The van der Waals surface area contributed by atoms with E-state index in [0.29, 0.717) is 11.4 Å². The number of amides is 1. The van der Waals surface area contributed by atoms with E-state index in [4.69, 9.17) is 11.6 Å².